The van der Waals surface area contributed by atoms with Gasteiger partial charge in [-0.2, -0.15) is 0 Å². The molecule has 1 aliphatic rings. The fraction of sp³-hybridized carbons (Fsp3) is 0.235. The molecule has 0 aliphatic carbocycles. The van der Waals surface area contributed by atoms with Crippen LogP contribution >= 0.6 is 11.6 Å². The minimum absolute atomic E-state index is 0.300. The Hall–Kier alpha value is -2.24. The second-order valence-electron chi connectivity index (χ2n) is 5.24. The minimum Gasteiger partial charge on any atom is -0.378 e. The number of carbonyl (C=O) groups is 1. The van der Waals surface area contributed by atoms with Gasteiger partial charge in [0.1, 0.15) is 0 Å². The number of carbonyl (C=O) groups excluding carboxylic acids is 1. The van der Waals surface area contributed by atoms with E-state index >= 15 is 0 Å². The lowest BCUT2D eigenvalue weighted by molar-refractivity contribution is 0.122. The number of anilines is 3. The number of urea groups is 1. The first-order valence-corrected chi connectivity index (χ1v) is 7.85. The van der Waals surface area contributed by atoms with E-state index in [1.807, 2.05) is 24.3 Å². The molecule has 6 heteroatoms. The average molecular weight is 332 g/mol. The van der Waals surface area contributed by atoms with E-state index in [0.717, 1.165) is 37.7 Å². The van der Waals surface area contributed by atoms with Gasteiger partial charge >= 0.3 is 6.03 Å². The van der Waals surface area contributed by atoms with Crippen molar-refractivity contribution < 1.29 is 9.53 Å². The monoisotopic (exact) mass is 331 g/mol. The van der Waals surface area contributed by atoms with Crippen LogP contribution in [0.15, 0.2) is 48.5 Å². The number of ether oxygens (including phenoxy) is 1. The largest absolute Gasteiger partial charge is 0.378 e. The maximum atomic E-state index is 12.1. The Balaban J connectivity index is 1.64. The van der Waals surface area contributed by atoms with Crippen LogP contribution in [0.1, 0.15) is 0 Å². The van der Waals surface area contributed by atoms with Crippen molar-refractivity contribution in [3.63, 3.8) is 0 Å². The zero-order valence-electron chi connectivity index (χ0n) is 12.6. The van der Waals surface area contributed by atoms with E-state index in [0.29, 0.717) is 10.7 Å². The molecule has 5 nitrogen and oxygen atoms in total. The third kappa shape index (κ3) is 4.37. The number of nitrogens with zero attached hydrogens (tertiary/aromatic N) is 1. The lowest BCUT2D eigenvalue weighted by Gasteiger charge is -2.29. The van der Waals surface area contributed by atoms with Crippen LogP contribution in [0, 0.1) is 0 Å². The average Bonchev–Trinajstić information content (AvgIpc) is 2.56. The number of nitrogens with one attached hydrogen (secondary N) is 2. The predicted octanol–water partition coefficient (Wildman–Crippen LogP) is 3.82. The van der Waals surface area contributed by atoms with Gasteiger partial charge in [0.15, 0.2) is 0 Å². The van der Waals surface area contributed by atoms with Crippen molar-refractivity contribution >= 4 is 34.7 Å². The quantitative estimate of drug-likeness (QED) is 0.899. The molecule has 2 aromatic carbocycles. The highest BCUT2D eigenvalue weighted by Gasteiger charge is 2.12. The summed E-state index contributed by atoms with van der Waals surface area (Å²) in [5.74, 6) is 0. The molecule has 1 aliphatic heterocycles. The van der Waals surface area contributed by atoms with Crippen molar-refractivity contribution in [1.29, 1.82) is 0 Å². The smallest absolute Gasteiger partial charge is 0.323 e. The van der Waals surface area contributed by atoms with Crippen LogP contribution in [0.4, 0.5) is 21.9 Å². The first kappa shape index (κ1) is 15.6. The molecule has 1 saturated heterocycles. The van der Waals surface area contributed by atoms with Crippen molar-refractivity contribution in [2.75, 3.05) is 41.8 Å². The van der Waals surface area contributed by atoms with Crippen molar-refractivity contribution in [3.8, 4) is 0 Å². The van der Waals surface area contributed by atoms with Gasteiger partial charge in [0, 0.05) is 35.2 Å². The molecule has 2 aromatic rings. The van der Waals surface area contributed by atoms with Crippen LogP contribution < -0.4 is 15.5 Å². The second kappa shape index (κ2) is 7.35. The number of halogens is 1. The molecule has 0 spiro atoms. The Kier molecular flexibility index (Phi) is 5.00. The van der Waals surface area contributed by atoms with Gasteiger partial charge in [-0.15, -0.1) is 0 Å². The Labute approximate surface area is 140 Å². The third-order valence-electron chi connectivity index (χ3n) is 3.56. The molecule has 3 rings (SSSR count). The Morgan fingerprint density at radius 2 is 1.65 bits per heavy atom. The van der Waals surface area contributed by atoms with Crippen LogP contribution in [0.25, 0.3) is 0 Å². The molecule has 23 heavy (non-hydrogen) atoms. The predicted molar refractivity (Wildman–Crippen MR) is 93.6 cm³/mol. The molecular weight excluding hydrogens is 314 g/mol. The van der Waals surface area contributed by atoms with E-state index in [1.54, 1.807) is 24.3 Å². The Morgan fingerprint density at radius 3 is 2.35 bits per heavy atom. The molecule has 0 saturated carbocycles. The van der Waals surface area contributed by atoms with Crippen LogP contribution in [0.2, 0.25) is 5.02 Å². The molecule has 2 N–H and O–H groups in total. The molecule has 0 aromatic heterocycles. The van der Waals surface area contributed by atoms with Crippen molar-refractivity contribution in [1.82, 2.24) is 0 Å². The second-order valence-corrected chi connectivity index (χ2v) is 5.68. The van der Waals surface area contributed by atoms with Crippen molar-refractivity contribution in [2.24, 2.45) is 0 Å². The van der Waals surface area contributed by atoms with Crippen LogP contribution in [-0.2, 0) is 4.74 Å². The molecule has 2 amide bonds. The van der Waals surface area contributed by atoms with E-state index in [9.17, 15) is 4.79 Å². The van der Waals surface area contributed by atoms with Gasteiger partial charge in [0.05, 0.1) is 13.2 Å². The van der Waals surface area contributed by atoms with Gasteiger partial charge in [-0.25, -0.2) is 4.79 Å². The molecule has 0 bridgehead atoms. The van der Waals surface area contributed by atoms with E-state index in [1.165, 1.54) is 0 Å². The van der Waals surface area contributed by atoms with E-state index in [2.05, 4.69) is 15.5 Å². The van der Waals surface area contributed by atoms with Crippen molar-refractivity contribution in [2.45, 2.75) is 0 Å². The number of hydrogen-bond donors (Lipinski definition) is 2. The highest BCUT2D eigenvalue weighted by Crippen LogP contribution is 2.21. The summed E-state index contributed by atoms with van der Waals surface area (Å²) in [5.41, 5.74) is 2.47. The first-order valence-electron chi connectivity index (χ1n) is 7.47. The molecule has 0 atom stereocenters. The van der Waals surface area contributed by atoms with Gasteiger partial charge in [-0.05, 0) is 36.4 Å². The standard InChI is InChI=1S/C17H18ClN3O2/c18-13-3-1-4-14(11-13)19-17(22)20-15-5-2-6-16(12-15)21-7-9-23-10-8-21/h1-6,11-12H,7-10H2,(H2,19,20,22). The zero-order chi connectivity index (χ0) is 16.1. The summed E-state index contributed by atoms with van der Waals surface area (Å²) in [7, 11) is 0. The van der Waals surface area contributed by atoms with Gasteiger partial charge in [-0.1, -0.05) is 23.7 Å². The lowest BCUT2D eigenvalue weighted by Crippen LogP contribution is -2.36. The highest BCUT2D eigenvalue weighted by molar-refractivity contribution is 6.30. The summed E-state index contributed by atoms with van der Waals surface area (Å²) in [4.78, 5) is 14.3. The van der Waals surface area contributed by atoms with Crippen LogP contribution in [0.5, 0.6) is 0 Å². The summed E-state index contributed by atoms with van der Waals surface area (Å²) in [6.45, 7) is 3.18. The normalized spacial score (nSPS) is 14.4. The minimum atomic E-state index is -0.300. The van der Waals surface area contributed by atoms with Gasteiger partial charge < -0.3 is 20.3 Å². The number of benzene rings is 2. The summed E-state index contributed by atoms with van der Waals surface area (Å²) in [5, 5.41) is 6.18. The lowest BCUT2D eigenvalue weighted by atomic mass is 10.2. The third-order valence-corrected chi connectivity index (χ3v) is 3.80. The fourth-order valence-electron chi connectivity index (χ4n) is 2.46. The van der Waals surface area contributed by atoms with Gasteiger partial charge in [-0.3, -0.25) is 0 Å². The topological polar surface area (TPSA) is 53.6 Å². The van der Waals surface area contributed by atoms with Crippen molar-refractivity contribution in [3.05, 3.63) is 53.6 Å². The van der Waals surface area contributed by atoms with E-state index in [4.69, 9.17) is 16.3 Å². The zero-order valence-corrected chi connectivity index (χ0v) is 13.3. The first-order chi connectivity index (χ1) is 11.2. The summed E-state index contributed by atoms with van der Waals surface area (Å²) < 4.78 is 5.36. The molecule has 1 fully saturated rings. The number of morpholine rings is 1. The summed E-state index contributed by atoms with van der Waals surface area (Å²) in [6, 6.07) is 14.5. The maximum absolute atomic E-state index is 12.1. The Bertz CT molecular complexity index is 687. The van der Waals surface area contributed by atoms with Crippen LogP contribution in [-0.4, -0.2) is 32.3 Å². The highest BCUT2D eigenvalue weighted by atomic mass is 35.5. The molecule has 0 unspecified atom stereocenters. The van der Waals surface area contributed by atoms with Gasteiger partial charge in [0.2, 0.25) is 0 Å². The summed E-state index contributed by atoms with van der Waals surface area (Å²) in [6.07, 6.45) is 0. The fourth-order valence-corrected chi connectivity index (χ4v) is 2.65. The Morgan fingerprint density at radius 1 is 1.00 bits per heavy atom. The molecule has 1 heterocycles. The van der Waals surface area contributed by atoms with E-state index < -0.39 is 0 Å². The molecule has 0 radical (unpaired) electrons. The SMILES string of the molecule is O=C(Nc1cccc(Cl)c1)Nc1cccc(N2CCOCC2)c1. The summed E-state index contributed by atoms with van der Waals surface area (Å²) >= 11 is 5.91. The number of rotatable bonds is 3. The number of hydrogen-bond acceptors (Lipinski definition) is 3. The van der Waals surface area contributed by atoms with E-state index in [-0.39, 0.29) is 6.03 Å². The molecular formula is C17H18ClN3O2. The van der Waals surface area contributed by atoms with Crippen LogP contribution in [0.3, 0.4) is 0 Å². The molecule has 120 valence electrons. The number of amides is 2. The van der Waals surface area contributed by atoms with Gasteiger partial charge in [0.25, 0.3) is 0 Å². The maximum Gasteiger partial charge on any atom is 0.323 e.